The Balaban J connectivity index is 1.41. The molecule has 7 heteroatoms. The van der Waals surface area contributed by atoms with Gasteiger partial charge in [0, 0.05) is 12.1 Å². The van der Waals surface area contributed by atoms with Gasteiger partial charge in [-0.25, -0.2) is 0 Å². The Bertz CT molecular complexity index is 867. The number of nitriles is 1. The first-order chi connectivity index (χ1) is 13.2. The Kier molecular flexibility index (Phi) is 4.71. The molecule has 0 saturated heterocycles. The Morgan fingerprint density at radius 3 is 2.78 bits per heavy atom. The van der Waals surface area contributed by atoms with Gasteiger partial charge in [-0.15, -0.1) is 0 Å². The minimum atomic E-state index is -0.0634. The standard InChI is InChI=1S/C20H23N5O2/c1-27-16-6-4-15(5-7-16)22-19-17(11-21)20(25-24-19)23-18(26)10-14-9-12-2-3-13(14)8-12/h4-7,12-14H,2-3,8-10H2,1H3,(H3,22,23,24,25,26)/t12-,13-,14+/m1/s1. The number of fused-ring (bicyclic) bond motifs is 2. The fraction of sp³-hybridized carbons (Fsp3) is 0.450. The number of H-pyrrole nitrogens is 1. The van der Waals surface area contributed by atoms with Crippen LogP contribution in [0.1, 0.15) is 37.7 Å². The Morgan fingerprint density at radius 1 is 1.33 bits per heavy atom. The van der Waals surface area contributed by atoms with E-state index in [1.54, 1.807) is 7.11 Å². The first-order valence-electron chi connectivity index (χ1n) is 9.35. The lowest BCUT2D eigenvalue weighted by Crippen LogP contribution is -2.20. The molecule has 1 aromatic carbocycles. The van der Waals surface area contributed by atoms with E-state index in [0.717, 1.165) is 23.8 Å². The summed E-state index contributed by atoms with van der Waals surface area (Å²) in [5.74, 6) is 3.41. The second-order valence-electron chi connectivity index (χ2n) is 7.47. The fourth-order valence-corrected chi connectivity index (χ4v) is 4.50. The molecule has 2 bridgehead atoms. The molecule has 0 spiro atoms. The van der Waals surface area contributed by atoms with Gasteiger partial charge in [0.15, 0.2) is 5.82 Å². The first-order valence-corrected chi connectivity index (χ1v) is 9.35. The van der Waals surface area contributed by atoms with Crippen molar-refractivity contribution in [3.63, 3.8) is 0 Å². The number of benzene rings is 1. The molecule has 1 aromatic heterocycles. The van der Waals surface area contributed by atoms with E-state index >= 15 is 0 Å². The summed E-state index contributed by atoms with van der Waals surface area (Å²) in [6.07, 6.45) is 5.53. The fourth-order valence-electron chi connectivity index (χ4n) is 4.50. The molecule has 0 unspecified atom stereocenters. The molecule has 2 saturated carbocycles. The number of hydrogen-bond donors (Lipinski definition) is 3. The van der Waals surface area contributed by atoms with Crippen molar-refractivity contribution in [3.05, 3.63) is 29.8 Å². The molecule has 3 N–H and O–H groups in total. The number of hydrogen-bond acceptors (Lipinski definition) is 5. The number of carbonyl (C=O) groups excluding carboxylic acids is 1. The molecule has 140 valence electrons. The number of rotatable bonds is 6. The third-order valence-electron chi connectivity index (χ3n) is 5.83. The second kappa shape index (κ2) is 7.31. The highest BCUT2D eigenvalue weighted by atomic mass is 16.5. The largest absolute Gasteiger partial charge is 0.497 e. The van der Waals surface area contributed by atoms with Crippen LogP contribution >= 0.6 is 0 Å². The van der Waals surface area contributed by atoms with E-state index in [2.05, 4.69) is 26.9 Å². The van der Waals surface area contributed by atoms with Gasteiger partial charge < -0.3 is 15.4 Å². The predicted molar refractivity (Wildman–Crippen MR) is 102 cm³/mol. The van der Waals surface area contributed by atoms with Crippen LogP contribution in [0.4, 0.5) is 17.3 Å². The van der Waals surface area contributed by atoms with Crippen LogP contribution in [-0.4, -0.2) is 23.2 Å². The number of methoxy groups -OCH3 is 1. The van der Waals surface area contributed by atoms with Crippen LogP contribution in [0.2, 0.25) is 0 Å². The Hall–Kier alpha value is -3.01. The number of carbonyl (C=O) groups is 1. The zero-order chi connectivity index (χ0) is 18.8. The number of ether oxygens (including phenoxy) is 1. The van der Waals surface area contributed by atoms with Crippen LogP contribution in [0.3, 0.4) is 0 Å². The monoisotopic (exact) mass is 365 g/mol. The molecule has 1 amide bonds. The van der Waals surface area contributed by atoms with Crippen LogP contribution in [-0.2, 0) is 4.79 Å². The van der Waals surface area contributed by atoms with Crippen molar-refractivity contribution in [3.8, 4) is 11.8 Å². The van der Waals surface area contributed by atoms with Gasteiger partial charge in [-0.05, 0) is 61.3 Å². The summed E-state index contributed by atoms with van der Waals surface area (Å²) in [4.78, 5) is 12.4. The van der Waals surface area contributed by atoms with Gasteiger partial charge in [0.1, 0.15) is 23.2 Å². The molecular weight excluding hydrogens is 342 g/mol. The van der Waals surface area contributed by atoms with Crippen LogP contribution in [0, 0.1) is 29.1 Å². The summed E-state index contributed by atoms with van der Waals surface area (Å²) in [6, 6.07) is 9.44. The molecule has 1 heterocycles. The Morgan fingerprint density at radius 2 is 2.15 bits per heavy atom. The number of amides is 1. The van der Waals surface area contributed by atoms with E-state index in [1.807, 2.05) is 24.3 Å². The Labute approximate surface area is 158 Å². The van der Waals surface area contributed by atoms with E-state index in [1.165, 1.54) is 19.3 Å². The maximum atomic E-state index is 12.4. The van der Waals surface area contributed by atoms with Gasteiger partial charge in [0.05, 0.1) is 7.11 Å². The van der Waals surface area contributed by atoms with E-state index < -0.39 is 0 Å². The third-order valence-corrected chi connectivity index (χ3v) is 5.83. The lowest BCUT2D eigenvalue weighted by atomic mass is 9.86. The second-order valence-corrected chi connectivity index (χ2v) is 7.47. The summed E-state index contributed by atoms with van der Waals surface area (Å²) < 4.78 is 5.14. The predicted octanol–water partition coefficient (Wildman–Crippen LogP) is 3.80. The van der Waals surface area contributed by atoms with E-state index in [9.17, 15) is 10.1 Å². The van der Waals surface area contributed by atoms with Crippen molar-refractivity contribution < 1.29 is 9.53 Å². The quantitative estimate of drug-likeness (QED) is 0.722. The summed E-state index contributed by atoms with van der Waals surface area (Å²) in [6.45, 7) is 0. The zero-order valence-electron chi connectivity index (χ0n) is 15.3. The lowest BCUT2D eigenvalue weighted by Gasteiger charge is -2.20. The maximum absolute atomic E-state index is 12.4. The summed E-state index contributed by atoms with van der Waals surface area (Å²) >= 11 is 0. The van der Waals surface area contributed by atoms with Crippen LogP contribution in [0.5, 0.6) is 5.75 Å². The van der Waals surface area contributed by atoms with Crippen molar-refractivity contribution in [2.75, 3.05) is 17.7 Å². The van der Waals surface area contributed by atoms with E-state index in [-0.39, 0.29) is 11.7 Å². The van der Waals surface area contributed by atoms with Gasteiger partial charge in [0.25, 0.3) is 0 Å². The van der Waals surface area contributed by atoms with Crippen molar-refractivity contribution in [1.82, 2.24) is 10.2 Å². The highest BCUT2D eigenvalue weighted by molar-refractivity contribution is 5.92. The summed E-state index contributed by atoms with van der Waals surface area (Å²) in [5, 5.41) is 22.3. The van der Waals surface area contributed by atoms with Gasteiger partial charge in [-0.3, -0.25) is 9.89 Å². The molecule has 3 atom stereocenters. The normalized spacial score (nSPS) is 23.0. The van der Waals surface area contributed by atoms with Crippen LogP contribution in [0.15, 0.2) is 24.3 Å². The number of anilines is 3. The number of aromatic amines is 1. The average Bonchev–Trinajstić information content (AvgIpc) is 3.38. The van der Waals surface area contributed by atoms with E-state index in [0.29, 0.717) is 29.6 Å². The molecule has 27 heavy (non-hydrogen) atoms. The average molecular weight is 365 g/mol. The van der Waals surface area contributed by atoms with E-state index in [4.69, 9.17) is 4.74 Å². The number of nitrogens with zero attached hydrogens (tertiary/aromatic N) is 2. The highest BCUT2D eigenvalue weighted by Gasteiger charge is 2.40. The molecule has 0 aliphatic heterocycles. The number of aromatic nitrogens is 2. The first kappa shape index (κ1) is 17.4. The molecule has 2 aliphatic carbocycles. The van der Waals surface area contributed by atoms with Crippen LogP contribution < -0.4 is 15.4 Å². The van der Waals surface area contributed by atoms with Crippen LogP contribution in [0.25, 0.3) is 0 Å². The van der Waals surface area contributed by atoms with Gasteiger partial charge in [0.2, 0.25) is 5.91 Å². The number of nitrogens with one attached hydrogen (secondary N) is 3. The van der Waals surface area contributed by atoms with Crippen molar-refractivity contribution >= 4 is 23.2 Å². The molecule has 2 fully saturated rings. The summed E-state index contributed by atoms with van der Waals surface area (Å²) in [7, 11) is 1.61. The van der Waals surface area contributed by atoms with Crippen molar-refractivity contribution in [2.24, 2.45) is 17.8 Å². The molecule has 7 nitrogen and oxygen atoms in total. The van der Waals surface area contributed by atoms with Crippen molar-refractivity contribution in [2.45, 2.75) is 32.1 Å². The smallest absolute Gasteiger partial charge is 0.225 e. The highest BCUT2D eigenvalue weighted by Crippen LogP contribution is 2.49. The minimum Gasteiger partial charge on any atom is -0.497 e. The SMILES string of the molecule is COc1ccc(Nc2[nH]nc(NC(=O)C[C@@H]3C[C@@H]4CC[C@@H]3C4)c2C#N)cc1. The molecule has 0 radical (unpaired) electrons. The molecular formula is C20H23N5O2. The van der Waals surface area contributed by atoms with Gasteiger partial charge in [-0.2, -0.15) is 10.4 Å². The lowest BCUT2D eigenvalue weighted by molar-refractivity contribution is -0.117. The zero-order valence-corrected chi connectivity index (χ0v) is 15.3. The maximum Gasteiger partial charge on any atom is 0.225 e. The molecule has 2 aliphatic rings. The topological polar surface area (TPSA) is 103 Å². The molecule has 2 aromatic rings. The minimum absolute atomic E-state index is 0.0634. The van der Waals surface area contributed by atoms with Gasteiger partial charge >= 0.3 is 0 Å². The third kappa shape index (κ3) is 3.61. The summed E-state index contributed by atoms with van der Waals surface area (Å²) in [5.41, 5.74) is 1.09. The van der Waals surface area contributed by atoms with Crippen molar-refractivity contribution in [1.29, 1.82) is 5.26 Å². The molecule has 4 rings (SSSR count). The van der Waals surface area contributed by atoms with Gasteiger partial charge in [-0.1, -0.05) is 6.42 Å².